The van der Waals surface area contributed by atoms with Crippen LogP contribution < -0.4 is 0 Å². The van der Waals surface area contributed by atoms with Crippen molar-refractivity contribution >= 4 is 17.7 Å². The Balaban J connectivity index is 1.61. The SMILES string of the molecule is O=C(O)N1CCN(CCCCc2cccc(Cl)c2)CC1. The molecule has 0 aliphatic carbocycles. The Labute approximate surface area is 124 Å². The molecule has 1 amide bonds. The maximum atomic E-state index is 10.8. The molecule has 110 valence electrons. The molecule has 4 nitrogen and oxygen atoms in total. The fraction of sp³-hybridized carbons (Fsp3) is 0.533. The van der Waals surface area contributed by atoms with E-state index in [0.717, 1.165) is 43.9 Å². The van der Waals surface area contributed by atoms with E-state index in [4.69, 9.17) is 16.7 Å². The summed E-state index contributed by atoms with van der Waals surface area (Å²) in [6.45, 7) is 4.01. The summed E-state index contributed by atoms with van der Waals surface area (Å²) in [6.07, 6.45) is 2.53. The third kappa shape index (κ3) is 4.69. The van der Waals surface area contributed by atoms with Crippen LogP contribution in [-0.2, 0) is 6.42 Å². The van der Waals surface area contributed by atoms with Crippen LogP contribution in [-0.4, -0.2) is 53.7 Å². The van der Waals surface area contributed by atoms with E-state index in [-0.39, 0.29) is 0 Å². The average Bonchev–Trinajstić information content (AvgIpc) is 2.44. The van der Waals surface area contributed by atoms with E-state index in [1.807, 2.05) is 18.2 Å². The lowest BCUT2D eigenvalue weighted by molar-refractivity contribution is 0.105. The molecule has 1 aromatic carbocycles. The molecule has 1 aliphatic rings. The molecule has 1 fully saturated rings. The van der Waals surface area contributed by atoms with Crippen molar-refractivity contribution in [3.63, 3.8) is 0 Å². The highest BCUT2D eigenvalue weighted by Gasteiger charge is 2.19. The first kappa shape index (κ1) is 15.1. The van der Waals surface area contributed by atoms with E-state index in [0.29, 0.717) is 13.1 Å². The third-order valence-corrected chi connectivity index (χ3v) is 3.96. The highest BCUT2D eigenvalue weighted by Crippen LogP contribution is 2.13. The van der Waals surface area contributed by atoms with Gasteiger partial charge in [-0.1, -0.05) is 23.7 Å². The van der Waals surface area contributed by atoms with Gasteiger partial charge in [0.15, 0.2) is 0 Å². The van der Waals surface area contributed by atoms with Crippen LogP contribution in [0.25, 0.3) is 0 Å². The molecule has 0 aromatic heterocycles. The second-order valence-corrected chi connectivity index (χ2v) is 5.63. The van der Waals surface area contributed by atoms with Gasteiger partial charge in [0.1, 0.15) is 0 Å². The number of hydrogen-bond acceptors (Lipinski definition) is 2. The van der Waals surface area contributed by atoms with Crippen molar-refractivity contribution < 1.29 is 9.90 Å². The predicted octanol–water partition coefficient (Wildman–Crippen LogP) is 2.96. The molecular formula is C15H21ClN2O2. The van der Waals surface area contributed by atoms with Gasteiger partial charge in [-0.2, -0.15) is 0 Å². The first-order valence-electron chi connectivity index (χ1n) is 7.10. The van der Waals surface area contributed by atoms with Crippen LogP contribution in [0.2, 0.25) is 5.02 Å². The number of rotatable bonds is 5. The van der Waals surface area contributed by atoms with E-state index >= 15 is 0 Å². The van der Waals surface area contributed by atoms with Crippen LogP contribution in [0.1, 0.15) is 18.4 Å². The van der Waals surface area contributed by atoms with Crippen LogP contribution in [0.5, 0.6) is 0 Å². The number of aryl methyl sites for hydroxylation is 1. The maximum Gasteiger partial charge on any atom is 0.407 e. The fourth-order valence-corrected chi connectivity index (χ4v) is 2.73. The highest BCUT2D eigenvalue weighted by atomic mass is 35.5. The van der Waals surface area contributed by atoms with Crippen LogP contribution in [0.15, 0.2) is 24.3 Å². The van der Waals surface area contributed by atoms with Gasteiger partial charge >= 0.3 is 6.09 Å². The molecule has 1 aromatic rings. The largest absolute Gasteiger partial charge is 0.465 e. The van der Waals surface area contributed by atoms with Crippen LogP contribution >= 0.6 is 11.6 Å². The quantitative estimate of drug-likeness (QED) is 0.850. The molecule has 0 saturated carbocycles. The van der Waals surface area contributed by atoms with Crippen molar-refractivity contribution in [3.05, 3.63) is 34.9 Å². The Bertz CT molecular complexity index is 445. The number of carbonyl (C=O) groups is 1. The second kappa shape index (κ2) is 7.50. The number of amides is 1. The zero-order valence-corrected chi connectivity index (χ0v) is 12.4. The fourth-order valence-electron chi connectivity index (χ4n) is 2.52. The summed E-state index contributed by atoms with van der Waals surface area (Å²) in [7, 11) is 0. The lowest BCUT2D eigenvalue weighted by Gasteiger charge is -2.33. The molecule has 1 heterocycles. The van der Waals surface area contributed by atoms with Crippen molar-refractivity contribution in [1.29, 1.82) is 0 Å². The van der Waals surface area contributed by atoms with E-state index < -0.39 is 6.09 Å². The van der Waals surface area contributed by atoms with Crippen molar-refractivity contribution in [2.45, 2.75) is 19.3 Å². The van der Waals surface area contributed by atoms with Crippen LogP contribution in [0.4, 0.5) is 4.79 Å². The number of piperazine rings is 1. The summed E-state index contributed by atoms with van der Waals surface area (Å²) in [6, 6.07) is 8.01. The van der Waals surface area contributed by atoms with E-state index in [1.165, 1.54) is 10.5 Å². The van der Waals surface area contributed by atoms with Gasteiger partial charge in [-0.15, -0.1) is 0 Å². The summed E-state index contributed by atoms with van der Waals surface area (Å²) in [5.74, 6) is 0. The Morgan fingerprint density at radius 3 is 2.60 bits per heavy atom. The summed E-state index contributed by atoms with van der Waals surface area (Å²) in [5, 5.41) is 9.68. The van der Waals surface area contributed by atoms with Crippen LogP contribution in [0.3, 0.4) is 0 Å². The number of unbranched alkanes of at least 4 members (excludes halogenated alkanes) is 1. The Hall–Kier alpha value is -1.26. The number of halogens is 1. The number of hydrogen-bond donors (Lipinski definition) is 1. The summed E-state index contributed by atoms with van der Waals surface area (Å²) < 4.78 is 0. The number of carboxylic acid groups (broad SMARTS) is 1. The molecule has 0 radical (unpaired) electrons. The first-order valence-corrected chi connectivity index (χ1v) is 7.47. The molecule has 0 bridgehead atoms. The Morgan fingerprint density at radius 1 is 1.20 bits per heavy atom. The number of nitrogens with zero attached hydrogens (tertiary/aromatic N) is 2. The maximum absolute atomic E-state index is 10.8. The molecule has 20 heavy (non-hydrogen) atoms. The molecule has 1 N–H and O–H groups in total. The van der Waals surface area contributed by atoms with Crippen molar-refractivity contribution in [2.75, 3.05) is 32.7 Å². The van der Waals surface area contributed by atoms with Crippen LogP contribution in [0, 0.1) is 0 Å². The smallest absolute Gasteiger partial charge is 0.407 e. The topological polar surface area (TPSA) is 43.8 Å². The minimum absolute atomic E-state index is 0.629. The van der Waals surface area contributed by atoms with Gasteiger partial charge in [0, 0.05) is 31.2 Å². The molecule has 1 aliphatic heterocycles. The lowest BCUT2D eigenvalue weighted by atomic mass is 10.1. The summed E-state index contributed by atoms with van der Waals surface area (Å²) in [5.41, 5.74) is 1.29. The van der Waals surface area contributed by atoms with Gasteiger partial charge in [0.05, 0.1) is 0 Å². The molecule has 0 unspecified atom stereocenters. The molecule has 0 atom stereocenters. The molecular weight excluding hydrogens is 276 g/mol. The van der Waals surface area contributed by atoms with E-state index in [9.17, 15) is 4.79 Å². The summed E-state index contributed by atoms with van der Waals surface area (Å²) in [4.78, 5) is 14.6. The standard InChI is InChI=1S/C15H21ClN2O2/c16-14-6-3-5-13(12-14)4-1-2-7-17-8-10-18(11-9-17)15(19)20/h3,5-6,12H,1-2,4,7-11H2,(H,19,20). The first-order chi connectivity index (χ1) is 9.65. The van der Waals surface area contributed by atoms with Crippen molar-refractivity contribution in [3.8, 4) is 0 Å². The zero-order chi connectivity index (χ0) is 14.4. The molecule has 0 spiro atoms. The van der Waals surface area contributed by atoms with Gasteiger partial charge in [-0.25, -0.2) is 4.79 Å². The molecule has 5 heteroatoms. The highest BCUT2D eigenvalue weighted by molar-refractivity contribution is 6.30. The van der Waals surface area contributed by atoms with Gasteiger partial charge in [-0.3, -0.25) is 4.90 Å². The summed E-state index contributed by atoms with van der Waals surface area (Å²) >= 11 is 5.96. The minimum Gasteiger partial charge on any atom is -0.465 e. The van der Waals surface area contributed by atoms with Crippen molar-refractivity contribution in [2.24, 2.45) is 0 Å². The second-order valence-electron chi connectivity index (χ2n) is 5.20. The van der Waals surface area contributed by atoms with Crippen molar-refractivity contribution in [1.82, 2.24) is 9.80 Å². The predicted molar refractivity (Wildman–Crippen MR) is 80.4 cm³/mol. The van der Waals surface area contributed by atoms with Gasteiger partial charge < -0.3 is 10.0 Å². The lowest BCUT2D eigenvalue weighted by Crippen LogP contribution is -2.48. The van der Waals surface area contributed by atoms with Gasteiger partial charge in [0.25, 0.3) is 0 Å². The van der Waals surface area contributed by atoms with E-state index in [1.54, 1.807) is 0 Å². The Kier molecular flexibility index (Phi) is 5.68. The molecule has 1 saturated heterocycles. The molecule has 2 rings (SSSR count). The zero-order valence-electron chi connectivity index (χ0n) is 11.6. The van der Waals surface area contributed by atoms with Gasteiger partial charge in [0.2, 0.25) is 0 Å². The monoisotopic (exact) mass is 296 g/mol. The Morgan fingerprint density at radius 2 is 1.95 bits per heavy atom. The van der Waals surface area contributed by atoms with Gasteiger partial charge in [-0.05, 0) is 43.5 Å². The average molecular weight is 297 g/mol. The normalized spacial score (nSPS) is 16.4. The number of benzene rings is 1. The third-order valence-electron chi connectivity index (χ3n) is 3.72. The minimum atomic E-state index is -0.800. The van der Waals surface area contributed by atoms with E-state index in [2.05, 4.69) is 11.0 Å².